The zero-order chi connectivity index (χ0) is 15.8. The molecule has 21 heavy (non-hydrogen) atoms. The van der Waals surface area contributed by atoms with Crippen molar-refractivity contribution in [3.63, 3.8) is 0 Å². The van der Waals surface area contributed by atoms with Gasteiger partial charge in [-0.2, -0.15) is 0 Å². The first-order chi connectivity index (χ1) is 10.2. The van der Waals surface area contributed by atoms with E-state index in [1.165, 1.54) is 70.6 Å². The van der Waals surface area contributed by atoms with Gasteiger partial charge in [0.25, 0.3) is 0 Å². The zero-order valence-corrected chi connectivity index (χ0v) is 15.5. The SMILES string of the molecule is CCCCCCCCCCCC(Br)CCCCCC(=O)O. The van der Waals surface area contributed by atoms with E-state index in [1.54, 1.807) is 0 Å². The molecule has 0 aromatic heterocycles. The number of aliphatic carboxylic acids is 1. The molecule has 0 radical (unpaired) electrons. The standard InChI is InChI=1S/C18H35BrO2/c1-2-3-4-5-6-7-8-9-11-14-17(19)15-12-10-13-16-18(20)21/h17H,2-16H2,1H3,(H,20,21). The monoisotopic (exact) mass is 362 g/mol. The highest BCUT2D eigenvalue weighted by Gasteiger charge is 2.04. The van der Waals surface area contributed by atoms with Gasteiger partial charge in [-0.25, -0.2) is 0 Å². The molecule has 0 rings (SSSR count). The van der Waals surface area contributed by atoms with Gasteiger partial charge in [0.05, 0.1) is 0 Å². The van der Waals surface area contributed by atoms with Gasteiger partial charge in [0.2, 0.25) is 0 Å². The molecular formula is C18H35BrO2. The van der Waals surface area contributed by atoms with E-state index >= 15 is 0 Å². The van der Waals surface area contributed by atoms with Crippen molar-refractivity contribution in [1.82, 2.24) is 0 Å². The van der Waals surface area contributed by atoms with Crippen LogP contribution in [-0.2, 0) is 4.79 Å². The minimum Gasteiger partial charge on any atom is -0.481 e. The lowest BCUT2D eigenvalue weighted by atomic mass is 10.0. The van der Waals surface area contributed by atoms with Crippen LogP contribution in [-0.4, -0.2) is 15.9 Å². The number of hydrogen-bond donors (Lipinski definition) is 1. The summed E-state index contributed by atoms with van der Waals surface area (Å²) in [5.41, 5.74) is 0. The summed E-state index contributed by atoms with van der Waals surface area (Å²) in [5.74, 6) is -0.667. The highest BCUT2D eigenvalue weighted by atomic mass is 79.9. The first-order valence-corrected chi connectivity index (χ1v) is 9.94. The van der Waals surface area contributed by atoms with E-state index < -0.39 is 5.97 Å². The van der Waals surface area contributed by atoms with Crippen LogP contribution in [0.25, 0.3) is 0 Å². The van der Waals surface area contributed by atoms with Crippen LogP contribution in [0.2, 0.25) is 0 Å². The molecule has 3 heteroatoms. The molecule has 0 aromatic rings. The summed E-state index contributed by atoms with van der Waals surface area (Å²) in [6.45, 7) is 2.27. The predicted octanol–water partition coefficient (Wildman–Crippen LogP) is 6.71. The third kappa shape index (κ3) is 17.9. The van der Waals surface area contributed by atoms with E-state index in [0.29, 0.717) is 11.2 Å². The van der Waals surface area contributed by atoms with Gasteiger partial charge < -0.3 is 5.11 Å². The van der Waals surface area contributed by atoms with Gasteiger partial charge in [-0.05, 0) is 19.3 Å². The van der Waals surface area contributed by atoms with Crippen molar-refractivity contribution in [2.75, 3.05) is 0 Å². The Morgan fingerprint density at radius 1 is 0.810 bits per heavy atom. The predicted molar refractivity (Wildman–Crippen MR) is 95.3 cm³/mol. The number of alkyl halides is 1. The Bertz CT molecular complexity index is 231. The largest absolute Gasteiger partial charge is 0.481 e. The fourth-order valence-electron chi connectivity index (χ4n) is 2.64. The van der Waals surface area contributed by atoms with Crippen LogP contribution in [0.3, 0.4) is 0 Å². The highest BCUT2D eigenvalue weighted by Crippen LogP contribution is 2.19. The van der Waals surface area contributed by atoms with E-state index in [4.69, 9.17) is 5.11 Å². The molecule has 0 saturated heterocycles. The lowest BCUT2D eigenvalue weighted by Crippen LogP contribution is -1.99. The van der Waals surface area contributed by atoms with Crippen LogP contribution in [0.15, 0.2) is 0 Å². The van der Waals surface area contributed by atoms with Crippen molar-refractivity contribution in [1.29, 1.82) is 0 Å². The van der Waals surface area contributed by atoms with E-state index in [9.17, 15) is 4.79 Å². The Morgan fingerprint density at radius 2 is 1.24 bits per heavy atom. The molecule has 0 aliphatic carbocycles. The van der Waals surface area contributed by atoms with Crippen molar-refractivity contribution in [2.45, 2.75) is 108 Å². The number of halogens is 1. The van der Waals surface area contributed by atoms with Gasteiger partial charge >= 0.3 is 5.97 Å². The molecule has 2 nitrogen and oxygen atoms in total. The molecule has 1 N–H and O–H groups in total. The molecule has 0 aliphatic heterocycles. The van der Waals surface area contributed by atoms with Crippen molar-refractivity contribution in [2.24, 2.45) is 0 Å². The Balaban J connectivity index is 3.15. The average Bonchev–Trinajstić information content (AvgIpc) is 2.45. The van der Waals surface area contributed by atoms with Gasteiger partial charge in [0.15, 0.2) is 0 Å². The summed E-state index contributed by atoms with van der Waals surface area (Å²) in [4.78, 5) is 11.0. The molecule has 0 aromatic carbocycles. The van der Waals surface area contributed by atoms with Gasteiger partial charge in [-0.3, -0.25) is 4.79 Å². The molecule has 1 unspecified atom stereocenters. The smallest absolute Gasteiger partial charge is 0.303 e. The quantitative estimate of drug-likeness (QED) is 0.244. The summed E-state index contributed by atoms with van der Waals surface area (Å²) < 4.78 is 0. The molecule has 0 aliphatic rings. The topological polar surface area (TPSA) is 37.3 Å². The molecule has 0 heterocycles. The summed E-state index contributed by atoms with van der Waals surface area (Å²) in [6, 6.07) is 0. The van der Waals surface area contributed by atoms with E-state index in [2.05, 4.69) is 22.9 Å². The maximum atomic E-state index is 10.4. The van der Waals surface area contributed by atoms with Gasteiger partial charge in [-0.15, -0.1) is 0 Å². The van der Waals surface area contributed by atoms with Gasteiger partial charge in [-0.1, -0.05) is 93.5 Å². The van der Waals surface area contributed by atoms with Crippen LogP contribution < -0.4 is 0 Å². The van der Waals surface area contributed by atoms with Crippen molar-refractivity contribution < 1.29 is 9.90 Å². The maximum absolute atomic E-state index is 10.4. The number of rotatable bonds is 16. The minimum absolute atomic E-state index is 0.325. The average molecular weight is 363 g/mol. The van der Waals surface area contributed by atoms with Crippen molar-refractivity contribution in [3.8, 4) is 0 Å². The Kier molecular flexibility index (Phi) is 16.3. The first-order valence-electron chi connectivity index (χ1n) is 9.02. The Morgan fingerprint density at radius 3 is 1.71 bits per heavy atom. The first kappa shape index (κ1) is 20.9. The zero-order valence-electron chi connectivity index (χ0n) is 13.9. The number of unbranched alkanes of at least 4 members (excludes halogenated alkanes) is 10. The number of hydrogen-bond acceptors (Lipinski definition) is 1. The Labute approximate surface area is 140 Å². The maximum Gasteiger partial charge on any atom is 0.303 e. The molecule has 126 valence electrons. The van der Waals surface area contributed by atoms with Crippen molar-refractivity contribution in [3.05, 3.63) is 0 Å². The van der Waals surface area contributed by atoms with E-state index in [0.717, 1.165) is 19.3 Å². The second kappa shape index (κ2) is 16.3. The molecule has 0 fully saturated rings. The van der Waals surface area contributed by atoms with Crippen LogP contribution in [0.5, 0.6) is 0 Å². The van der Waals surface area contributed by atoms with Gasteiger partial charge in [0, 0.05) is 11.2 Å². The minimum atomic E-state index is -0.667. The summed E-state index contributed by atoms with van der Waals surface area (Å²) in [7, 11) is 0. The second-order valence-electron chi connectivity index (χ2n) is 6.21. The second-order valence-corrected chi connectivity index (χ2v) is 7.50. The summed E-state index contributed by atoms with van der Waals surface area (Å²) in [5, 5.41) is 8.56. The van der Waals surface area contributed by atoms with Crippen molar-refractivity contribution >= 4 is 21.9 Å². The van der Waals surface area contributed by atoms with Crippen LogP contribution in [0, 0.1) is 0 Å². The fourth-order valence-corrected chi connectivity index (χ4v) is 3.29. The lowest BCUT2D eigenvalue weighted by molar-refractivity contribution is -0.137. The molecule has 1 atom stereocenters. The van der Waals surface area contributed by atoms with Gasteiger partial charge in [0.1, 0.15) is 0 Å². The summed E-state index contributed by atoms with van der Waals surface area (Å²) >= 11 is 3.75. The third-order valence-electron chi connectivity index (χ3n) is 4.03. The number of carbonyl (C=O) groups is 1. The van der Waals surface area contributed by atoms with Crippen LogP contribution in [0.4, 0.5) is 0 Å². The molecule has 0 amide bonds. The van der Waals surface area contributed by atoms with E-state index in [-0.39, 0.29) is 0 Å². The van der Waals surface area contributed by atoms with E-state index in [1.807, 2.05) is 0 Å². The third-order valence-corrected chi connectivity index (χ3v) is 4.94. The molecular weight excluding hydrogens is 328 g/mol. The number of carboxylic acids is 1. The molecule has 0 bridgehead atoms. The van der Waals surface area contributed by atoms with Crippen LogP contribution in [0.1, 0.15) is 103 Å². The number of carboxylic acid groups (broad SMARTS) is 1. The van der Waals surface area contributed by atoms with Crippen LogP contribution >= 0.6 is 15.9 Å². The highest BCUT2D eigenvalue weighted by molar-refractivity contribution is 9.09. The lowest BCUT2D eigenvalue weighted by Gasteiger charge is -2.09. The molecule has 0 saturated carbocycles. The normalized spacial score (nSPS) is 12.5. The Hall–Kier alpha value is -0.0500. The molecule has 0 spiro atoms. The summed E-state index contributed by atoms with van der Waals surface area (Å²) in [6.07, 6.45) is 18.3. The fraction of sp³-hybridized carbons (Fsp3) is 0.944.